The SMILES string of the molecule is O=C(c1ccc(F)cc1Cl)N1CCC(c2nnc(-c3ccco3)s2)CC1. The maximum atomic E-state index is 13.2. The van der Waals surface area contributed by atoms with Gasteiger partial charge >= 0.3 is 0 Å². The molecule has 8 heteroatoms. The highest BCUT2D eigenvalue weighted by Crippen LogP contribution is 2.34. The molecule has 2 aromatic heterocycles. The van der Waals surface area contributed by atoms with E-state index >= 15 is 0 Å². The van der Waals surface area contributed by atoms with Crippen molar-refractivity contribution in [2.24, 2.45) is 0 Å². The number of piperidine rings is 1. The smallest absolute Gasteiger partial charge is 0.255 e. The van der Waals surface area contributed by atoms with Crippen LogP contribution in [0.5, 0.6) is 0 Å². The fraction of sp³-hybridized carbons (Fsp3) is 0.278. The van der Waals surface area contributed by atoms with Crippen molar-refractivity contribution in [2.75, 3.05) is 13.1 Å². The number of aromatic nitrogens is 2. The number of likely N-dealkylation sites (tertiary alicyclic amines) is 1. The summed E-state index contributed by atoms with van der Waals surface area (Å²) in [5.41, 5.74) is 0.336. The Kier molecular flexibility index (Phi) is 4.74. The van der Waals surface area contributed by atoms with Gasteiger partial charge in [-0.15, -0.1) is 10.2 Å². The third-order valence-electron chi connectivity index (χ3n) is 4.47. The van der Waals surface area contributed by atoms with Crippen molar-refractivity contribution in [1.29, 1.82) is 0 Å². The number of benzene rings is 1. The van der Waals surface area contributed by atoms with Gasteiger partial charge in [0.15, 0.2) is 10.8 Å². The summed E-state index contributed by atoms with van der Waals surface area (Å²) in [4.78, 5) is 14.4. The van der Waals surface area contributed by atoms with Crippen molar-refractivity contribution in [2.45, 2.75) is 18.8 Å². The van der Waals surface area contributed by atoms with Crippen molar-refractivity contribution in [3.63, 3.8) is 0 Å². The summed E-state index contributed by atoms with van der Waals surface area (Å²) >= 11 is 7.53. The second kappa shape index (κ2) is 7.17. The van der Waals surface area contributed by atoms with Gasteiger partial charge in [-0.1, -0.05) is 22.9 Å². The lowest BCUT2D eigenvalue weighted by molar-refractivity contribution is 0.0713. The van der Waals surface area contributed by atoms with Crippen LogP contribution in [0.1, 0.15) is 34.1 Å². The van der Waals surface area contributed by atoms with Crippen LogP contribution in [0.4, 0.5) is 4.39 Å². The highest BCUT2D eigenvalue weighted by atomic mass is 35.5. The van der Waals surface area contributed by atoms with E-state index in [1.165, 1.54) is 29.5 Å². The van der Waals surface area contributed by atoms with E-state index < -0.39 is 5.82 Å². The van der Waals surface area contributed by atoms with Crippen LogP contribution in [0, 0.1) is 5.82 Å². The van der Waals surface area contributed by atoms with E-state index in [0.717, 1.165) is 22.9 Å². The van der Waals surface area contributed by atoms with Gasteiger partial charge < -0.3 is 9.32 Å². The number of halogens is 2. The van der Waals surface area contributed by atoms with Crippen molar-refractivity contribution in [3.8, 4) is 10.8 Å². The highest BCUT2D eigenvalue weighted by molar-refractivity contribution is 7.14. The zero-order chi connectivity index (χ0) is 18.1. The summed E-state index contributed by atoms with van der Waals surface area (Å²) in [7, 11) is 0. The molecule has 1 aromatic carbocycles. The van der Waals surface area contributed by atoms with Gasteiger partial charge in [-0.3, -0.25) is 4.79 Å². The van der Waals surface area contributed by atoms with E-state index in [1.54, 1.807) is 11.2 Å². The zero-order valence-corrected chi connectivity index (χ0v) is 15.3. The van der Waals surface area contributed by atoms with Gasteiger partial charge in [-0.05, 0) is 43.2 Å². The van der Waals surface area contributed by atoms with Gasteiger partial charge in [-0.25, -0.2) is 4.39 Å². The Morgan fingerprint density at radius 3 is 2.77 bits per heavy atom. The van der Waals surface area contributed by atoms with Crippen molar-refractivity contribution >= 4 is 28.8 Å². The molecule has 5 nitrogen and oxygen atoms in total. The Morgan fingerprint density at radius 2 is 2.08 bits per heavy atom. The predicted octanol–water partition coefficient (Wildman–Crippen LogP) is 4.61. The van der Waals surface area contributed by atoms with Gasteiger partial charge in [0.2, 0.25) is 0 Å². The summed E-state index contributed by atoms with van der Waals surface area (Å²) < 4.78 is 18.5. The number of carbonyl (C=O) groups is 1. The van der Waals surface area contributed by atoms with Gasteiger partial charge in [0.1, 0.15) is 10.8 Å². The fourth-order valence-corrected chi connectivity index (χ4v) is 4.29. The average Bonchev–Trinajstić information content (AvgIpc) is 3.33. The lowest BCUT2D eigenvalue weighted by Gasteiger charge is -2.31. The summed E-state index contributed by atoms with van der Waals surface area (Å²) in [5.74, 6) is 0.368. The standard InChI is InChI=1S/C18H15ClFN3O2S/c19-14-10-12(20)3-4-13(14)18(24)23-7-5-11(6-8-23)16-21-22-17(26-16)15-2-1-9-25-15/h1-4,9-11H,5-8H2. The molecule has 0 spiro atoms. The summed E-state index contributed by atoms with van der Waals surface area (Å²) in [6, 6.07) is 7.54. The van der Waals surface area contributed by atoms with E-state index in [2.05, 4.69) is 10.2 Å². The molecule has 1 aliphatic heterocycles. The van der Waals surface area contributed by atoms with E-state index in [9.17, 15) is 9.18 Å². The van der Waals surface area contributed by atoms with Crippen LogP contribution in [0.25, 0.3) is 10.8 Å². The van der Waals surface area contributed by atoms with E-state index in [4.69, 9.17) is 16.0 Å². The number of carbonyl (C=O) groups excluding carboxylic acids is 1. The lowest BCUT2D eigenvalue weighted by atomic mass is 9.97. The van der Waals surface area contributed by atoms with Crippen LogP contribution < -0.4 is 0 Å². The Labute approximate surface area is 158 Å². The van der Waals surface area contributed by atoms with E-state index in [0.29, 0.717) is 24.4 Å². The minimum atomic E-state index is -0.450. The molecule has 26 heavy (non-hydrogen) atoms. The molecule has 3 heterocycles. The quantitative estimate of drug-likeness (QED) is 0.654. The second-order valence-corrected chi connectivity index (χ2v) is 7.53. The van der Waals surface area contributed by atoms with Crippen molar-refractivity contribution in [1.82, 2.24) is 15.1 Å². The molecule has 1 saturated heterocycles. The summed E-state index contributed by atoms with van der Waals surface area (Å²) in [5, 5.41) is 10.4. The molecule has 0 aliphatic carbocycles. The number of hydrogen-bond acceptors (Lipinski definition) is 5. The van der Waals surface area contributed by atoms with E-state index in [-0.39, 0.29) is 16.8 Å². The first kappa shape index (κ1) is 17.2. The number of rotatable bonds is 3. The molecule has 0 radical (unpaired) electrons. The Balaban J connectivity index is 1.42. The van der Waals surface area contributed by atoms with Crippen LogP contribution in [0.2, 0.25) is 5.02 Å². The minimum absolute atomic E-state index is 0.143. The molecule has 134 valence electrons. The maximum Gasteiger partial charge on any atom is 0.255 e. The largest absolute Gasteiger partial charge is 0.462 e. The molecule has 0 saturated carbocycles. The van der Waals surface area contributed by atoms with Crippen LogP contribution >= 0.6 is 22.9 Å². The summed E-state index contributed by atoms with van der Waals surface area (Å²) in [6.45, 7) is 1.21. The first-order valence-electron chi connectivity index (χ1n) is 8.23. The zero-order valence-electron chi connectivity index (χ0n) is 13.7. The van der Waals surface area contributed by atoms with Crippen molar-refractivity contribution < 1.29 is 13.6 Å². The number of furan rings is 1. The van der Waals surface area contributed by atoms with Crippen LogP contribution in [-0.2, 0) is 0 Å². The van der Waals surface area contributed by atoms with Crippen LogP contribution in [-0.4, -0.2) is 34.1 Å². The number of hydrogen-bond donors (Lipinski definition) is 0. The Hall–Kier alpha value is -2.25. The molecule has 0 unspecified atom stereocenters. The molecule has 1 fully saturated rings. The first-order chi connectivity index (χ1) is 12.6. The molecule has 4 rings (SSSR count). The van der Waals surface area contributed by atoms with Gasteiger partial charge in [0, 0.05) is 19.0 Å². The highest BCUT2D eigenvalue weighted by Gasteiger charge is 2.28. The predicted molar refractivity (Wildman–Crippen MR) is 96.9 cm³/mol. The molecule has 0 atom stereocenters. The topological polar surface area (TPSA) is 59.2 Å². The average molecular weight is 392 g/mol. The molecular weight excluding hydrogens is 377 g/mol. The van der Waals surface area contributed by atoms with Gasteiger partial charge in [0.25, 0.3) is 5.91 Å². The third kappa shape index (κ3) is 3.37. The van der Waals surface area contributed by atoms with Crippen LogP contribution in [0.3, 0.4) is 0 Å². The normalized spacial score (nSPS) is 15.4. The van der Waals surface area contributed by atoms with Crippen molar-refractivity contribution in [3.05, 3.63) is 58.0 Å². The lowest BCUT2D eigenvalue weighted by Crippen LogP contribution is -2.38. The molecule has 1 aliphatic rings. The molecule has 0 bridgehead atoms. The van der Waals surface area contributed by atoms with E-state index in [1.807, 2.05) is 12.1 Å². The van der Waals surface area contributed by atoms with Gasteiger partial charge in [-0.2, -0.15) is 0 Å². The summed E-state index contributed by atoms with van der Waals surface area (Å²) in [6.07, 6.45) is 3.22. The maximum absolute atomic E-state index is 13.2. The minimum Gasteiger partial charge on any atom is -0.462 e. The monoisotopic (exact) mass is 391 g/mol. The fourth-order valence-electron chi connectivity index (χ4n) is 3.06. The number of nitrogens with zero attached hydrogens (tertiary/aromatic N) is 3. The number of amides is 1. The molecule has 0 N–H and O–H groups in total. The Morgan fingerprint density at radius 1 is 1.27 bits per heavy atom. The molecule has 1 amide bonds. The second-order valence-electron chi connectivity index (χ2n) is 6.11. The van der Waals surface area contributed by atoms with Gasteiger partial charge in [0.05, 0.1) is 16.8 Å². The first-order valence-corrected chi connectivity index (χ1v) is 9.43. The van der Waals surface area contributed by atoms with Crippen LogP contribution in [0.15, 0.2) is 41.0 Å². The molecule has 3 aromatic rings. The Bertz CT molecular complexity index is 920. The molecular formula is C18H15ClFN3O2S. The third-order valence-corrected chi connectivity index (χ3v) is 5.88.